The maximum absolute atomic E-state index is 9.81. The number of hydrogen-bond acceptors (Lipinski definition) is 3. The second-order valence-electron chi connectivity index (χ2n) is 5.82. The fourth-order valence-corrected chi connectivity index (χ4v) is 3.63. The van der Waals surface area contributed by atoms with Gasteiger partial charge in [-0.3, -0.25) is 4.68 Å². The van der Waals surface area contributed by atoms with Crippen molar-refractivity contribution in [2.75, 3.05) is 20.6 Å². The Kier molecular flexibility index (Phi) is 4.14. The minimum Gasteiger partial charge on any atom is -0.393 e. The van der Waals surface area contributed by atoms with E-state index in [-0.39, 0.29) is 11.5 Å². The van der Waals surface area contributed by atoms with Gasteiger partial charge in [-0.15, -0.1) is 0 Å². The number of aromatic nitrogens is 2. The third-order valence-corrected chi connectivity index (χ3v) is 4.42. The molecule has 1 aromatic heterocycles. The predicted octanol–water partition coefficient (Wildman–Crippen LogP) is 2.01. The highest BCUT2D eigenvalue weighted by atomic mass is 79.9. The maximum atomic E-state index is 9.81. The summed E-state index contributed by atoms with van der Waals surface area (Å²) in [5, 5.41) is 14.3. The Balaban J connectivity index is 2.23. The molecule has 2 atom stereocenters. The second-order valence-corrected chi connectivity index (χ2v) is 6.68. The van der Waals surface area contributed by atoms with E-state index in [1.165, 1.54) is 5.69 Å². The molecule has 0 saturated heterocycles. The fourth-order valence-electron chi connectivity index (χ4n) is 2.85. The lowest BCUT2D eigenvalue weighted by Gasteiger charge is -2.26. The van der Waals surface area contributed by atoms with Crippen molar-refractivity contribution in [2.24, 2.45) is 0 Å². The topological polar surface area (TPSA) is 41.3 Å². The first-order valence-corrected chi connectivity index (χ1v) is 7.26. The van der Waals surface area contributed by atoms with E-state index in [4.69, 9.17) is 0 Å². The molecule has 1 aliphatic carbocycles. The van der Waals surface area contributed by atoms with Gasteiger partial charge in [-0.05, 0) is 49.3 Å². The van der Waals surface area contributed by atoms with Gasteiger partial charge in [0, 0.05) is 12.0 Å². The molecule has 2 rings (SSSR count). The van der Waals surface area contributed by atoms with Gasteiger partial charge in [0.25, 0.3) is 0 Å². The van der Waals surface area contributed by atoms with Crippen molar-refractivity contribution in [1.29, 1.82) is 0 Å². The van der Waals surface area contributed by atoms with E-state index < -0.39 is 0 Å². The molecule has 1 saturated carbocycles. The molecule has 5 heteroatoms. The monoisotopic (exact) mass is 315 g/mol. The first kappa shape index (κ1) is 14.0. The van der Waals surface area contributed by atoms with Crippen LogP contribution >= 0.6 is 15.9 Å². The number of aliphatic hydroxyl groups is 1. The van der Waals surface area contributed by atoms with Gasteiger partial charge in [0.2, 0.25) is 0 Å². The smallest absolute Gasteiger partial charge is 0.0635 e. The summed E-state index contributed by atoms with van der Waals surface area (Å²) in [6.07, 6.45) is 4.46. The van der Waals surface area contributed by atoms with E-state index in [0.717, 1.165) is 36.8 Å². The largest absolute Gasteiger partial charge is 0.393 e. The summed E-state index contributed by atoms with van der Waals surface area (Å²) in [4.78, 5) is 2.16. The normalized spacial score (nSPS) is 28.2. The molecule has 0 aromatic carbocycles. The average molecular weight is 316 g/mol. The second kappa shape index (κ2) is 5.31. The summed E-state index contributed by atoms with van der Waals surface area (Å²) < 4.78 is 3.15. The summed E-state index contributed by atoms with van der Waals surface area (Å²) in [7, 11) is 4.14. The van der Waals surface area contributed by atoms with E-state index in [1.807, 2.05) is 6.20 Å². The number of aliphatic hydroxyl groups excluding tert-OH is 1. The molecular formula is C13H22BrN3O. The van der Waals surface area contributed by atoms with Crippen LogP contribution in [0.2, 0.25) is 0 Å². The van der Waals surface area contributed by atoms with Crippen LogP contribution in [-0.2, 0) is 12.0 Å². The van der Waals surface area contributed by atoms with Gasteiger partial charge in [0.15, 0.2) is 0 Å². The highest BCUT2D eigenvalue weighted by Crippen LogP contribution is 2.43. The highest BCUT2D eigenvalue weighted by Gasteiger charge is 2.39. The van der Waals surface area contributed by atoms with Gasteiger partial charge in [-0.25, -0.2) is 0 Å². The van der Waals surface area contributed by atoms with Crippen molar-refractivity contribution in [1.82, 2.24) is 14.7 Å². The highest BCUT2D eigenvalue weighted by molar-refractivity contribution is 9.10. The van der Waals surface area contributed by atoms with E-state index in [0.29, 0.717) is 0 Å². The molecule has 0 amide bonds. The third-order valence-electron chi connectivity index (χ3n) is 3.84. The zero-order valence-electron chi connectivity index (χ0n) is 11.4. The van der Waals surface area contributed by atoms with Crippen LogP contribution in [-0.4, -0.2) is 46.5 Å². The van der Waals surface area contributed by atoms with Gasteiger partial charge in [0.05, 0.1) is 29.0 Å². The Hall–Kier alpha value is -0.390. The summed E-state index contributed by atoms with van der Waals surface area (Å²) in [5.74, 6) is 0. The van der Waals surface area contributed by atoms with Gasteiger partial charge < -0.3 is 10.0 Å². The van der Waals surface area contributed by atoms with Crippen molar-refractivity contribution in [3.05, 3.63) is 16.4 Å². The lowest BCUT2D eigenvalue weighted by atomic mass is 9.85. The molecular weight excluding hydrogens is 294 g/mol. The number of likely N-dealkylation sites (N-methyl/N-ethyl adjacent to an activating group) is 1. The number of hydrogen-bond donors (Lipinski definition) is 1. The van der Waals surface area contributed by atoms with Gasteiger partial charge in [-0.1, -0.05) is 6.92 Å². The fraction of sp³-hybridized carbons (Fsp3) is 0.769. The van der Waals surface area contributed by atoms with Crippen LogP contribution in [0.4, 0.5) is 0 Å². The van der Waals surface area contributed by atoms with Crippen LogP contribution in [0.3, 0.4) is 0 Å². The van der Waals surface area contributed by atoms with Crippen molar-refractivity contribution in [3.8, 4) is 0 Å². The Morgan fingerprint density at radius 2 is 2.33 bits per heavy atom. The van der Waals surface area contributed by atoms with E-state index >= 15 is 0 Å². The van der Waals surface area contributed by atoms with Crippen LogP contribution in [0.1, 0.15) is 31.9 Å². The lowest BCUT2D eigenvalue weighted by Crippen LogP contribution is -2.27. The molecule has 0 bridgehead atoms. The quantitative estimate of drug-likeness (QED) is 0.924. The molecule has 102 valence electrons. The standard InChI is InChI=1S/C13H22BrN3O/c1-13(5-4-10(18)8-13)12-11(14)9-15-17(12)7-6-16(2)3/h9-10,18H,4-8H2,1-3H3. The Labute approximate surface area is 117 Å². The Morgan fingerprint density at radius 3 is 2.89 bits per heavy atom. The van der Waals surface area contributed by atoms with Crippen LogP contribution in [0, 0.1) is 0 Å². The zero-order chi connectivity index (χ0) is 13.3. The van der Waals surface area contributed by atoms with Crippen molar-refractivity contribution in [2.45, 2.75) is 44.2 Å². The molecule has 4 nitrogen and oxygen atoms in total. The van der Waals surface area contributed by atoms with Crippen LogP contribution in [0.5, 0.6) is 0 Å². The van der Waals surface area contributed by atoms with Gasteiger partial charge in [-0.2, -0.15) is 5.10 Å². The molecule has 0 radical (unpaired) electrons. The van der Waals surface area contributed by atoms with Crippen LogP contribution in [0.25, 0.3) is 0 Å². The first-order valence-electron chi connectivity index (χ1n) is 6.47. The van der Waals surface area contributed by atoms with Crippen molar-refractivity contribution in [3.63, 3.8) is 0 Å². The van der Waals surface area contributed by atoms with Gasteiger partial charge >= 0.3 is 0 Å². The number of rotatable bonds is 4. The lowest BCUT2D eigenvalue weighted by molar-refractivity contribution is 0.174. The van der Waals surface area contributed by atoms with E-state index in [2.05, 4.69) is 51.6 Å². The van der Waals surface area contributed by atoms with Crippen molar-refractivity contribution >= 4 is 15.9 Å². The van der Waals surface area contributed by atoms with Crippen molar-refractivity contribution < 1.29 is 5.11 Å². The van der Waals surface area contributed by atoms with E-state index in [1.54, 1.807) is 0 Å². The predicted molar refractivity (Wildman–Crippen MR) is 75.7 cm³/mol. The SMILES string of the molecule is CN(C)CCn1ncc(Br)c1C1(C)CCC(O)C1. The molecule has 1 aliphatic rings. The summed E-state index contributed by atoms with van der Waals surface area (Å²) >= 11 is 3.61. The molecule has 2 unspecified atom stereocenters. The minimum absolute atomic E-state index is 0.0427. The van der Waals surface area contributed by atoms with Gasteiger partial charge in [0.1, 0.15) is 0 Å². The number of nitrogens with zero attached hydrogens (tertiary/aromatic N) is 3. The summed E-state index contributed by atoms with van der Waals surface area (Å²) in [6.45, 7) is 4.09. The van der Waals surface area contributed by atoms with Crippen LogP contribution < -0.4 is 0 Å². The Bertz CT molecular complexity index is 418. The molecule has 1 N–H and O–H groups in total. The number of halogens is 1. The molecule has 1 fully saturated rings. The molecule has 0 spiro atoms. The third kappa shape index (κ3) is 2.78. The molecule has 18 heavy (non-hydrogen) atoms. The Morgan fingerprint density at radius 1 is 1.61 bits per heavy atom. The van der Waals surface area contributed by atoms with E-state index in [9.17, 15) is 5.11 Å². The maximum Gasteiger partial charge on any atom is 0.0635 e. The average Bonchev–Trinajstić information content (AvgIpc) is 2.80. The molecule has 1 heterocycles. The first-order chi connectivity index (χ1) is 8.42. The minimum atomic E-state index is -0.168. The van der Waals surface area contributed by atoms with Crippen LogP contribution in [0.15, 0.2) is 10.7 Å². The molecule has 1 aromatic rings. The zero-order valence-corrected chi connectivity index (χ0v) is 12.9. The molecule has 0 aliphatic heterocycles. The summed E-state index contributed by atoms with van der Waals surface area (Å²) in [5.41, 5.74) is 1.28. The summed E-state index contributed by atoms with van der Waals surface area (Å²) in [6, 6.07) is 0.